The zero-order valence-corrected chi connectivity index (χ0v) is 19.1. The predicted octanol–water partition coefficient (Wildman–Crippen LogP) is 4.88. The molecule has 1 N–H and O–H groups in total. The molecule has 0 radical (unpaired) electrons. The van der Waals surface area contributed by atoms with Crippen molar-refractivity contribution in [2.75, 3.05) is 7.11 Å². The van der Waals surface area contributed by atoms with Crippen LogP contribution >= 0.6 is 0 Å². The number of nitrogens with zero attached hydrogens (tertiary/aromatic N) is 1. The third kappa shape index (κ3) is 6.42. The summed E-state index contributed by atoms with van der Waals surface area (Å²) in [6.07, 6.45) is 0. The Hall–Kier alpha value is -3.67. The van der Waals surface area contributed by atoms with Crippen LogP contribution in [0, 0.1) is 11.7 Å². The van der Waals surface area contributed by atoms with Crippen molar-refractivity contribution in [2.45, 2.75) is 33.0 Å². The van der Waals surface area contributed by atoms with E-state index in [1.54, 1.807) is 38.0 Å². The Morgan fingerprint density at radius 1 is 0.909 bits per heavy atom. The number of carbonyl (C=O) groups is 2. The van der Waals surface area contributed by atoms with Gasteiger partial charge in [-0.15, -0.1) is 0 Å². The van der Waals surface area contributed by atoms with Crippen LogP contribution in [0.3, 0.4) is 0 Å². The minimum Gasteiger partial charge on any atom is -0.497 e. The van der Waals surface area contributed by atoms with E-state index in [2.05, 4.69) is 5.32 Å². The lowest BCUT2D eigenvalue weighted by Gasteiger charge is -2.33. The lowest BCUT2D eigenvalue weighted by atomic mass is 10.0. The largest absolute Gasteiger partial charge is 0.497 e. The van der Waals surface area contributed by atoms with E-state index in [4.69, 9.17) is 4.74 Å². The second-order valence-corrected chi connectivity index (χ2v) is 8.13. The van der Waals surface area contributed by atoms with Crippen molar-refractivity contribution < 1.29 is 18.7 Å². The molecule has 0 aliphatic rings. The highest BCUT2D eigenvalue weighted by atomic mass is 19.1. The van der Waals surface area contributed by atoms with Crippen molar-refractivity contribution in [1.82, 2.24) is 10.2 Å². The van der Waals surface area contributed by atoms with Gasteiger partial charge in [0.15, 0.2) is 0 Å². The molecule has 0 fully saturated rings. The Balaban J connectivity index is 1.90. The number of methoxy groups -OCH3 is 1. The number of hydrogen-bond donors (Lipinski definition) is 1. The first kappa shape index (κ1) is 24.0. The van der Waals surface area contributed by atoms with Crippen LogP contribution in [-0.4, -0.2) is 23.8 Å². The highest BCUT2D eigenvalue weighted by Crippen LogP contribution is 2.26. The topological polar surface area (TPSA) is 58.6 Å². The van der Waals surface area contributed by atoms with Gasteiger partial charge in [0.1, 0.15) is 17.6 Å². The fraction of sp³-hybridized carbons (Fsp3) is 0.259. The summed E-state index contributed by atoms with van der Waals surface area (Å²) in [5.74, 6) is -0.371. The fourth-order valence-corrected chi connectivity index (χ4v) is 3.55. The van der Waals surface area contributed by atoms with E-state index in [0.29, 0.717) is 12.1 Å². The van der Waals surface area contributed by atoms with Crippen LogP contribution in [0.25, 0.3) is 0 Å². The lowest BCUT2D eigenvalue weighted by molar-refractivity contribution is -0.144. The Labute approximate surface area is 194 Å². The number of benzene rings is 3. The van der Waals surface area contributed by atoms with Crippen molar-refractivity contribution >= 4 is 11.8 Å². The van der Waals surface area contributed by atoms with E-state index in [9.17, 15) is 14.0 Å². The van der Waals surface area contributed by atoms with E-state index in [1.165, 1.54) is 12.1 Å². The van der Waals surface area contributed by atoms with Crippen LogP contribution in [0.5, 0.6) is 5.75 Å². The summed E-state index contributed by atoms with van der Waals surface area (Å²) in [4.78, 5) is 28.3. The van der Waals surface area contributed by atoms with Crippen LogP contribution in [0.1, 0.15) is 36.6 Å². The molecule has 0 saturated carbocycles. The maximum absolute atomic E-state index is 13.5. The van der Waals surface area contributed by atoms with Crippen LogP contribution in [0.4, 0.5) is 4.39 Å². The predicted molar refractivity (Wildman–Crippen MR) is 126 cm³/mol. The first-order valence-electron chi connectivity index (χ1n) is 10.9. The molecule has 0 saturated heterocycles. The van der Waals surface area contributed by atoms with E-state index < -0.39 is 6.04 Å². The number of rotatable bonds is 9. The molecule has 172 valence electrons. The number of carbonyl (C=O) groups excluding carboxylic acids is 2. The Kier molecular flexibility index (Phi) is 8.19. The second kappa shape index (κ2) is 11.3. The molecule has 0 aliphatic heterocycles. The number of nitrogens with one attached hydrogen (secondary N) is 1. The smallest absolute Gasteiger partial charge is 0.247 e. The van der Waals surface area contributed by atoms with E-state index in [-0.39, 0.29) is 30.1 Å². The fourth-order valence-electron chi connectivity index (χ4n) is 3.55. The van der Waals surface area contributed by atoms with E-state index in [0.717, 1.165) is 16.9 Å². The lowest BCUT2D eigenvalue weighted by Crippen LogP contribution is -2.44. The number of ether oxygens (including phenoxy) is 1. The summed E-state index contributed by atoms with van der Waals surface area (Å²) in [7, 11) is 1.60. The highest BCUT2D eigenvalue weighted by Gasteiger charge is 2.32. The summed E-state index contributed by atoms with van der Waals surface area (Å²) < 4.78 is 18.6. The molecule has 0 bridgehead atoms. The summed E-state index contributed by atoms with van der Waals surface area (Å²) in [6.45, 7) is 4.11. The van der Waals surface area contributed by atoms with Gasteiger partial charge < -0.3 is 15.0 Å². The quantitative estimate of drug-likeness (QED) is 0.508. The maximum Gasteiger partial charge on any atom is 0.247 e. The summed E-state index contributed by atoms with van der Waals surface area (Å²) >= 11 is 0. The molecule has 0 aliphatic carbocycles. The third-order valence-electron chi connectivity index (χ3n) is 5.34. The molecule has 3 aromatic carbocycles. The number of hydrogen-bond acceptors (Lipinski definition) is 3. The zero-order chi connectivity index (χ0) is 23.8. The normalized spacial score (nSPS) is 11.7. The van der Waals surface area contributed by atoms with Crippen LogP contribution in [0.15, 0.2) is 78.9 Å². The van der Waals surface area contributed by atoms with Gasteiger partial charge in [-0.2, -0.15) is 0 Å². The first-order valence-corrected chi connectivity index (χ1v) is 10.9. The van der Waals surface area contributed by atoms with Crippen molar-refractivity contribution in [3.05, 3.63) is 101 Å². The molecule has 2 amide bonds. The Morgan fingerprint density at radius 3 is 2.09 bits per heavy atom. The van der Waals surface area contributed by atoms with Crippen LogP contribution in [0.2, 0.25) is 0 Å². The molecule has 1 atom stereocenters. The van der Waals surface area contributed by atoms with Gasteiger partial charge >= 0.3 is 0 Å². The molecular weight excluding hydrogens is 419 g/mol. The van der Waals surface area contributed by atoms with Crippen molar-refractivity contribution in [3.63, 3.8) is 0 Å². The van der Waals surface area contributed by atoms with Gasteiger partial charge in [-0.05, 0) is 41.0 Å². The average molecular weight is 449 g/mol. The maximum atomic E-state index is 13.5. The minimum absolute atomic E-state index is 0.159. The molecule has 0 heterocycles. The van der Waals surface area contributed by atoms with E-state index >= 15 is 0 Å². The highest BCUT2D eigenvalue weighted by molar-refractivity contribution is 5.89. The average Bonchev–Trinajstić information content (AvgIpc) is 2.84. The Bertz CT molecular complexity index is 1050. The zero-order valence-electron chi connectivity index (χ0n) is 19.1. The molecule has 0 aromatic heterocycles. The third-order valence-corrected chi connectivity index (χ3v) is 5.34. The molecule has 3 aromatic rings. The molecule has 0 unspecified atom stereocenters. The summed E-state index contributed by atoms with van der Waals surface area (Å²) in [5.41, 5.74) is 2.37. The molecule has 5 nitrogen and oxygen atoms in total. The SMILES string of the molecule is COc1ccc(CNC(=O)[C@H](c2ccccc2)N(Cc2ccc(F)cc2)C(=O)C(C)C)cc1. The van der Waals surface area contributed by atoms with Crippen molar-refractivity contribution in [1.29, 1.82) is 0 Å². The molecule has 0 spiro atoms. The molecular formula is C27H29FN2O3. The van der Waals surface area contributed by atoms with Gasteiger partial charge in [-0.3, -0.25) is 9.59 Å². The van der Waals surface area contributed by atoms with Gasteiger partial charge in [0.25, 0.3) is 0 Å². The second-order valence-electron chi connectivity index (χ2n) is 8.13. The van der Waals surface area contributed by atoms with Crippen LogP contribution < -0.4 is 10.1 Å². The molecule has 6 heteroatoms. The van der Waals surface area contributed by atoms with Gasteiger partial charge in [-0.25, -0.2) is 4.39 Å². The standard InChI is InChI=1S/C27H29FN2O3/c1-19(2)27(32)30(18-21-9-13-23(28)14-10-21)25(22-7-5-4-6-8-22)26(31)29-17-20-11-15-24(33-3)16-12-20/h4-16,19,25H,17-18H2,1-3H3,(H,29,31)/t25-/m0/s1. The summed E-state index contributed by atoms with van der Waals surface area (Å²) in [5, 5.41) is 2.97. The molecule has 3 rings (SSSR count). The Morgan fingerprint density at radius 2 is 1.52 bits per heavy atom. The number of amides is 2. The van der Waals surface area contributed by atoms with Crippen molar-refractivity contribution in [3.8, 4) is 5.75 Å². The monoisotopic (exact) mass is 448 g/mol. The van der Waals surface area contributed by atoms with Crippen LogP contribution in [-0.2, 0) is 22.7 Å². The van der Waals surface area contributed by atoms with Gasteiger partial charge in [-0.1, -0.05) is 68.4 Å². The molecule has 33 heavy (non-hydrogen) atoms. The van der Waals surface area contributed by atoms with Gasteiger partial charge in [0.2, 0.25) is 11.8 Å². The van der Waals surface area contributed by atoms with Crippen molar-refractivity contribution in [2.24, 2.45) is 5.92 Å². The van der Waals surface area contributed by atoms with Gasteiger partial charge in [0.05, 0.1) is 7.11 Å². The van der Waals surface area contributed by atoms with E-state index in [1.807, 2.05) is 54.6 Å². The van der Waals surface area contributed by atoms with Gasteiger partial charge in [0, 0.05) is 19.0 Å². The number of halogens is 1. The summed E-state index contributed by atoms with van der Waals surface area (Å²) in [6, 6.07) is 21.8. The minimum atomic E-state index is -0.829. The first-order chi connectivity index (χ1) is 15.9.